The maximum atomic E-state index is 11.2. The first kappa shape index (κ1) is 24.3. The van der Waals surface area contributed by atoms with Crippen molar-refractivity contribution in [2.45, 2.75) is 19.8 Å². The van der Waals surface area contributed by atoms with Gasteiger partial charge in [0.2, 0.25) is 0 Å². The molecule has 0 radical (unpaired) electrons. The lowest BCUT2D eigenvalue weighted by atomic mass is 10.3. The average molecular weight is 402 g/mol. The van der Waals surface area contributed by atoms with Gasteiger partial charge in [0.1, 0.15) is 6.73 Å². The number of carboxylic acids is 2. The number of nitrogens with zero attached hydrogens (tertiary/aromatic N) is 4. The SMILES string of the molecule is CCCCN1CCN(COC=O)CCN(CC(=O)O)CCN(CC(=O)O)CC1. The van der Waals surface area contributed by atoms with Crippen LogP contribution in [0.3, 0.4) is 0 Å². The van der Waals surface area contributed by atoms with Crippen molar-refractivity contribution in [2.24, 2.45) is 0 Å². The first-order valence-electron chi connectivity index (χ1n) is 9.82. The Balaban J connectivity index is 2.82. The van der Waals surface area contributed by atoms with Gasteiger partial charge in [0.15, 0.2) is 0 Å². The Bertz CT molecular complexity index is 479. The highest BCUT2D eigenvalue weighted by molar-refractivity contribution is 5.69. The minimum absolute atomic E-state index is 0.0537. The van der Waals surface area contributed by atoms with Crippen LogP contribution < -0.4 is 0 Å². The van der Waals surface area contributed by atoms with Crippen LogP contribution in [0.4, 0.5) is 0 Å². The summed E-state index contributed by atoms with van der Waals surface area (Å²) in [5, 5.41) is 18.3. The van der Waals surface area contributed by atoms with E-state index in [1.165, 1.54) is 0 Å². The fourth-order valence-corrected chi connectivity index (χ4v) is 3.15. The van der Waals surface area contributed by atoms with Crippen LogP contribution in [0, 0.1) is 0 Å². The molecule has 0 atom stereocenters. The number of rotatable bonds is 10. The number of aliphatic carboxylic acids is 2. The Labute approximate surface area is 166 Å². The molecule has 0 spiro atoms. The summed E-state index contributed by atoms with van der Waals surface area (Å²) in [6.45, 7) is 8.37. The molecular weight excluding hydrogens is 368 g/mol. The third-order valence-electron chi connectivity index (χ3n) is 4.80. The largest absolute Gasteiger partial charge is 0.480 e. The molecule has 10 nitrogen and oxygen atoms in total. The van der Waals surface area contributed by atoms with Gasteiger partial charge in [0, 0.05) is 52.4 Å². The lowest BCUT2D eigenvalue weighted by Gasteiger charge is -2.33. The fraction of sp³-hybridized carbons (Fsp3) is 0.833. The van der Waals surface area contributed by atoms with E-state index in [0.717, 1.165) is 32.5 Å². The van der Waals surface area contributed by atoms with Crippen LogP contribution in [0.15, 0.2) is 0 Å². The second-order valence-corrected chi connectivity index (χ2v) is 7.04. The molecule has 1 rings (SSSR count). The van der Waals surface area contributed by atoms with Crippen molar-refractivity contribution in [3.8, 4) is 0 Å². The molecule has 1 aliphatic rings. The van der Waals surface area contributed by atoms with Gasteiger partial charge in [-0.2, -0.15) is 0 Å². The predicted octanol–water partition coefficient (Wildman–Crippen LogP) is -0.692. The molecule has 1 heterocycles. The van der Waals surface area contributed by atoms with Gasteiger partial charge in [0.05, 0.1) is 13.1 Å². The van der Waals surface area contributed by atoms with Gasteiger partial charge in [-0.15, -0.1) is 0 Å². The van der Waals surface area contributed by atoms with Crippen LogP contribution in [0.1, 0.15) is 19.8 Å². The third kappa shape index (κ3) is 11.2. The molecule has 1 fully saturated rings. The number of carbonyl (C=O) groups is 3. The molecule has 0 bridgehead atoms. The van der Waals surface area contributed by atoms with Crippen LogP contribution in [-0.2, 0) is 19.1 Å². The van der Waals surface area contributed by atoms with Gasteiger partial charge >= 0.3 is 11.9 Å². The van der Waals surface area contributed by atoms with Gasteiger partial charge in [-0.1, -0.05) is 13.3 Å². The van der Waals surface area contributed by atoms with Crippen LogP contribution >= 0.6 is 0 Å². The Morgan fingerprint density at radius 1 is 0.821 bits per heavy atom. The Morgan fingerprint density at radius 3 is 1.64 bits per heavy atom. The molecule has 0 aromatic carbocycles. The van der Waals surface area contributed by atoms with E-state index in [1.54, 1.807) is 4.90 Å². The summed E-state index contributed by atoms with van der Waals surface area (Å²) in [4.78, 5) is 40.9. The summed E-state index contributed by atoms with van der Waals surface area (Å²) in [6, 6.07) is 0. The van der Waals surface area contributed by atoms with Crippen molar-refractivity contribution >= 4 is 18.4 Å². The molecule has 0 aliphatic carbocycles. The zero-order valence-corrected chi connectivity index (χ0v) is 16.8. The molecule has 2 N–H and O–H groups in total. The van der Waals surface area contributed by atoms with Crippen molar-refractivity contribution in [2.75, 3.05) is 78.7 Å². The molecule has 0 amide bonds. The van der Waals surface area contributed by atoms with E-state index in [2.05, 4.69) is 11.8 Å². The minimum Gasteiger partial charge on any atom is -0.480 e. The molecule has 1 saturated heterocycles. The Kier molecular flexibility index (Phi) is 12.4. The smallest absolute Gasteiger partial charge is 0.317 e. The van der Waals surface area contributed by atoms with Crippen LogP contribution in [-0.4, -0.2) is 127 Å². The van der Waals surface area contributed by atoms with E-state index >= 15 is 0 Å². The highest BCUT2D eigenvalue weighted by Crippen LogP contribution is 2.02. The van der Waals surface area contributed by atoms with Gasteiger partial charge < -0.3 is 19.8 Å². The van der Waals surface area contributed by atoms with Gasteiger partial charge in [-0.25, -0.2) is 0 Å². The molecule has 0 aromatic heterocycles. The van der Waals surface area contributed by atoms with E-state index in [1.807, 2.05) is 9.80 Å². The molecule has 1 aliphatic heterocycles. The third-order valence-corrected chi connectivity index (χ3v) is 4.80. The normalized spacial score (nSPS) is 19.5. The quantitative estimate of drug-likeness (QED) is 0.455. The second-order valence-electron chi connectivity index (χ2n) is 7.04. The number of hydrogen-bond donors (Lipinski definition) is 2. The topological polar surface area (TPSA) is 114 Å². The maximum absolute atomic E-state index is 11.2. The molecule has 10 heteroatoms. The van der Waals surface area contributed by atoms with Crippen molar-refractivity contribution in [1.29, 1.82) is 0 Å². The van der Waals surface area contributed by atoms with Crippen LogP contribution in [0.25, 0.3) is 0 Å². The molecular formula is C18H34N4O6. The van der Waals surface area contributed by atoms with Crippen molar-refractivity contribution in [1.82, 2.24) is 19.6 Å². The zero-order valence-electron chi connectivity index (χ0n) is 16.8. The number of unbranched alkanes of at least 4 members (excludes halogenated alkanes) is 1. The summed E-state index contributed by atoms with van der Waals surface area (Å²) in [6.07, 6.45) is 2.15. The molecule has 0 aromatic rings. The van der Waals surface area contributed by atoms with E-state index in [9.17, 15) is 19.5 Å². The van der Waals surface area contributed by atoms with Gasteiger partial charge in [0.25, 0.3) is 6.47 Å². The number of carbonyl (C=O) groups excluding carboxylic acids is 1. The lowest BCUT2D eigenvalue weighted by Crippen LogP contribution is -2.48. The number of carboxylic acid groups (broad SMARTS) is 2. The van der Waals surface area contributed by atoms with E-state index < -0.39 is 11.9 Å². The first-order chi connectivity index (χ1) is 13.4. The lowest BCUT2D eigenvalue weighted by molar-refractivity contribution is -0.140. The highest BCUT2D eigenvalue weighted by Gasteiger charge is 2.19. The van der Waals surface area contributed by atoms with Crippen LogP contribution in [0.5, 0.6) is 0 Å². The van der Waals surface area contributed by atoms with E-state index in [4.69, 9.17) is 9.84 Å². The molecule has 0 saturated carbocycles. The standard InChI is InChI=1S/C18H34N4O6/c1-2-3-4-19-5-7-20(13-17(24)25)8-9-21(14-18(26)27)10-12-22(11-6-19)15-28-16-23/h16H,2-15H2,1H3,(H,24,25)(H,26,27). The molecule has 162 valence electrons. The first-order valence-corrected chi connectivity index (χ1v) is 9.82. The van der Waals surface area contributed by atoms with Crippen molar-refractivity contribution < 1.29 is 29.3 Å². The van der Waals surface area contributed by atoms with E-state index in [0.29, 0.717) is 45.7 Å². The molecule has 0 unspecified atom stereocenters. The summed E-state index contributed by atoms with van der Waals surface area (Å²) in [5.74, 6) is -1.80. The maximum Gasteiger partial charge on any atom is 0.317 e. The summed E-state index contributed by atoms with van der Waals surface area (Å²) >= 11 is 0. The number of hydrogen-bond acceptors (Lipinski definition) is 8. The van der Waals surface area contributed by atoms with Crippen LogP contribution in [0.2, 0.25) is 0 Å². The predicted molar refractivity (Wildman–Crippen MR) is 103 cm³/mol. The average Bonchev–Trinajstić information content (AvgIpc) is 2.63. The van der Waals surface area contributed by atoms with Crippen molar-refractivity contribution in [3.63, 3.8) is 0 Å². The van der Waals surface area contributed by atoms with Gasteiger partial charge in [-0.3, -0.25) is 29.1 Å². The minimum atomic E-state index is -0.918. The highest BCUT2D eigenvalue weighted by atomic mass is 16.5. The Hall–Kier alpha value is -1.75. The van der Waals surface area contributed by atoms with Gasteiger partial charge in [-0.05, 0) is 13.0 Å². The number of ether oxygens (including phenoxy) is 1. The van der Waals surface area contributed by atoms with Crippen molar-refractivity contribution in [3.05, 3.63) is 0 Å². The summed E-state index contributed by atoms with van der Waals surface area (Å²) in [5.41, 5.74) is 0. The Morgan fingerprint density at radius 2 is 1.25 bits per heavy atom. The fourth-order valence-electron chi connectivity index (χ4n) is 3.15. The second kappa shape index (κ2) is 14.3. The monoisotopic (exact) mass is 402 g/mol. The summed E-state index contributed by atoms with van der Waals surface area (Å²) < 4.78 is 4.91. The van der Waals surface area contributed by atoms with E-state index in [-0.39, 0.29) is 19.8 Å². The zero-order chi connectivity index (χ0) is 20.8. The summed E-state index contributed by atoms with van der Waals surface area (Å²) in [7, 11) is 0. The molecule has 28 heavy (non-hydrogen) atoms.